The van der Waals surface area contributed by atoms with Crippen LogP contribution in [0, 0.1) is 5.92 Å². The largest absolute Gasteiger partial charge is 0.444 e. The number of nitrogens with zero attached hydrogens (tertiary/aromatic N) is 1. The van der Waals surface area contributed by atoms with E-state index in [1.54, 1.807) is 0 Å². The first kappa shape index (κ1) is 11.5. The van der Waals surface area contributed by atoms with Gasteiger partial charge in [-0.3, -0.25) is 0 Å². The minimum absolute atomic E-state index is 0.0596. The number of hydrogen-bond acceptors (Lipinski definition) is 2. The number of piperidine rings is 1. The first-order chi connectivity index (χ1) is 7.39. The molecule has 1 amide bonds. The fourth-order valence-electron chi connectivity index (χ4n) is 2.78. The van der Waals surface area contributed by atoms with Gasteiger partial charge in [-0.25, -0.2) is 4.79 Å². The van der Waals surface area contributed by atoms with Gasteiger partial charge in [0.15, 0.2) is 0 Å². The predicted octanol–water partition coefficient (Wildman–Crippen LogP) is 2.96. The number of rotatable bonds is 2. The lowest BCUT2D eigenvalue weighted by Gasteiger charge is -2.30. The zero-order valence-electron chi connectivity index (χ0n) is 10.5. The first-order valence-corrected chi connectivity index (χ1v) is 6.00. The summed E-state index contributed by atoms with van der Waals surface area (Å²) in [5, 5.41) is 0. The van der Waals surface area contributed by atoms with Crippen molar-refractivity contribution < 1.29 is 9.53 Å². The van der Waals surface area contributed by atoms with E-state index < -0.39 is 5.60 Å². The molecule has 1 heterocycles. The number of hydrogen-bond donors (Lipinski definition) is 0. The normalized spacial score (nSPS) is 32.2. The average molecular weight is 223 g/mol. The highest BCUT2D eigenvalue weighted by Gasteiger charge is 2.63. The third-order valence-corrected chi connectivity index (χ3v) is 3.55. The summed E-state index contributed by atoms with van der Waals surface area (Å²) in [6.07, 6.45) is 4.90. The molecule has 2 atom stereocenters. The number of ether oxygens (including phenoxy) is 1. The fraction of sp³-hybridized carbons (Fsp3) is 0.769. The highest BCUT2D eigenvalue weighted by atomic mass is 16.6. The minimum atomic E-state index is -0.403. The Bertz CT molecular complexity index is 318. The highest BCUT2D eigenvalue weighted by molar-refractivity contribution is 5.71. The first-order valence-electron chi connectivity index (χ1n) is 6.00. The molecule has 1 aliphatic heterocycles. The Morgan fingerprint density at radius 3 is 2.81 bits per heavy atom. The second-order valence-electron chi connectivity index (χ2n) is 5.92. The Kier molecular flexibility index (Phi) is 2.52. The maximum atomic E-state index is 12.0. The van der Waals surface area contributed by atoms with Crippen LogP contribution in [-0.2, 0) is 4.74 Å². The van der Waals surface area contributed by atoms with Gasteiger partial charge < -0.3 is 9.64 Å². The molecular weight excluding hydrogens is 202 g/mol. The molecule has 2 aliphatic rings. The monoisotopic (exact) mass is 223 g/mol. The zero-order chi connectivity index (χ0) is 12.0. The van der Waals surface area contributed by atoms with Gasteiger partial charge in [-0.15, -0.1) is 6.58 Å². The van der Waals surface area contributed by atoms with Gasteiger partial charge in [0.2, 0.25) is 0 Å². The maximum absolute atomic E-state index is 12.0. The van der Waals surface area contributed by atoms with Gasteiger partial charge in [-0.1, -0.05) is 6.08 Å². The summed E-state index contributed by atoms with van der Waals surface area (Å²) < 4.78 is 5.44. The van der Waals surface area contributed by atoms with Gasteiger partial charge in [-0.05, 0) is 46.0 Å². The summed E-state index contributed by atoms with van der Waals surface area (Å²) in [6.45, 7) is 10.4. The molecule has 3 heteroatoms. The lowest BCUT2D eigenvalue weighted by molar-refractivity contribution is 0.0177. The van der Waals surface area contributed by atoms with E-state index >= 15 is 0 Å². The molecule has 0 spiro atoms. The lowest BCUT2D eigenvalue weighted by Crippen LogP contribution is -2.43. The SMILES string of the molecule is C=CCC12CC1CCN2C(=O)OC(C)(C)C. The third-order valence-electron chi connectivity index (χ3n) is 3.55. The van der Waals surface area contributed by atoms with Crippen molar-refractivity contribution in [2.45, 2.75) is 51.2 Å². The van der Waals surface area contributed by atoms with Crippen molar-refractivity contribution in [1.82, 2.24) is 4.90 Å². The van der Waals surface area contributed by atoms with Crippen LogP contribution in [0.2, 0.25) is 0 Å². The van der Waals surface area contributed by atoms with E-state index in [0.717, 1.165) is 25.8 Å². The number of fused-ring (bicyclic) bond motifs is 1. The second kappa shape index (κ2) is 3.51. The van der Waals surface area contributed by atoms with E-state index in [1.807, 2.05) is 31.7 Å². The molecule has 3 nitrogen and oxygen atoms in total. The molecule has 0 radical (unpaired) electrons. The maximum Gasteiger partial charge on any atom is 0.410 e. The van der Waals surface area contributed by atoms with E-state index in [4.69, 9.17) is 4.74 Å². The van der Waals surface area contributed by atoms with Crippen molar-refractivity contribution in [3.8, 4) is 0 Å². The zero-order valence-corrected chi connectivity index (χ0v) is 10.5. The Labute approximate surface area is 97.5 Å². The van der Waals surface area contributed by atoms with Crippen LogP contribution < -0.4 is 0 Å². The fourth-order valence-corrected chi connectivity index (χ4v) is 2.78. The molecule has 1 aliphatic carbocycles. The summed E-state index contributed by atoms with van der Waals surface area (Å²) in [5.74, 6) is 0.679. The molecule has 0 aromatic rings. The molecule has 0 aromatic carbocycles. The van der Waals surface area contributed by atoms with E-state index in [-0.39, 0.29) is 11.6 Å². The van der Waals surface area contributed by atoms with E-state index in [9.17, 15) is 4.79 Å². The Morgan fingerprint density at radius 1 is 1.62 bits per heavy atom. The number of amides is 1. The Balaban J connectivity index is 2.04. The van der Waals surface area contributed by atoms with Gasteiger partial charge in [0.05, 0.1) is 5.54 Å². The summed E-state index contributed by atoms with van der Waals surface area (Å²) >= 11 is 0. The molecule has 1 saturated carbocycles. The molecule has 2 rings (SSSR count). The van der Waals surface area contributed by atoms with Crippen LogP contribution >= 0.6 is 0 Å². The summed E-state index contributed by atoms with van der Waals surface area (Å²) in [7, 11) is 0. The molecule has 0 N–H and O–H groups in total. The van der Waals surface area contributed by atoms with Gasteiger partial charge in [0.1, 0.15) is 5.60 Å². The smallest absolute Gasteiger partial charge is 0.410 e. The Hall–Kier alpha value is -0.990. The van der Waals surface area contributed by atoms with E-state index in [2.05, 4.69) is 6.58 Å². The Morgan fingerprint density at radius 2 is 2.31 bits per heavy atom. The van der Waals surface area contributed by atoms with Crippen molar-refractivity contribution in [2.75, 3.05) is 6.54 Å². The van der Waals surface area contributed by atoms with E-state index in [1.165, 1.54) is 0 Å². The minimum Gasteiger partial charge on any atom is -0.444 e. The molecule has 0 bridgehead atoms. The third kappa shape index (κ3) is 1.83. The van der Waals surface area contributed by atoms with Gasteiger partial charge in [0.25, 0.3) is 0 Å². The quantitative estimate of drug-likeness (QED) is 0.674. The van der Waals surface area contributed by atoms with Crippen LogP contribution in [0.5, 0.6) is 0 Å². The van der Waals surface area contributed by atoms with Gasteiger partial charge in [-0.2, -0.15) is 0 Å². The molecule has 0 aromatic heterocycles. The van der Waals surface area contributed by atoms with Crippen LogP contribution in [-0.4, -0.2) is 28.7 Å². The molecule has 2 unspecified atom stereocenters. The topological polar surface area (TPSA) is 29.5 Å². The van der Waals surface area contributed by atoms with Crippen molar-refractivity contribution in [3.05, 3.63) is 12.7 Å². The molecular formula is C13H21NO2. The molecule has 2 fully saturated rings. The van der Waals surface area contributed by atoms with Crippen LogP contribution in [0.25, 0.3) is 0 Å². The van der Waals surface area contributed by atoms with Gasteiger partial charge in [0, 0.05) is 6.54 Å². The van der Waals surface area contributed by atoms with Crippen LogP contribution in [0.3, 0.4) is 0 Å². The van der Waals surface area contributed by atoms with Crippen LogP contribution in [0.4, 0.5) is 4.79 Å². The van der Waals surface area contributed by atoms with Crippen molar-refractivity contribution in [2.24, 2.45) is 5.92 Å². The van der Waals surface area contributed by atoms with Crippen molar-refractivity contribution >= 4 is 6.09 Å². The van der Waals surface area contributed by atoms with Gasteiger partial charge >= 0.3 is 6.09 Å². The van der Waals surface area contributed by atoms with Crippen LogP contribution in [0.1, 0.15) is 40.0 Å². The average Bonchev–Trinajstić information content (AvgIpc) is 2.69. The van der Waals surface area contributed by atoms with E-state index in [0.29, 0.717) is 5.92 Å². The van der Waals surface area contributed by atoms with Crippen LogP contribution in [0.15, 0.2) is 12.7 Å². The highest BCUT2D eigenvalue weighted by Crippen LogP contribution is 2.58. The number of carbonyl (C=O) groups is 1. The second-order valence-corrected chi connectivity index (χ2v) is 5.92. The molecule has 1 saturated heterocycles. The number of carbonyl (C=O) groups excluding carboxylic acids is 1. The molecule has 90 valence electrons. The van der Waals surface area contributed by atoms with Crippen molar-refractivity contribution in [1.29, 1.82) is 0 Å². The number of likely N-dealkylation sites (tertiary alicyclic amines) is 1. The summed E-state index contributed by atoms with van der Waals surface area (Å²) in [4.78, 5) is 14.0. The predicted molar refractivity (Wildman–Crippen MR) is 63.2 cm³/mol. The lowest BCUT2D eigenvalue weighted by atomic mass is 10.1. The molecule has 16 heavy (non-hydrogen) atoms. The summed E-state index contributed by atoms with van der Waals surface area (Å²) in [5.41, 5.74) is -0.344. The standard InChI is InChI=1S/C13H21NO2/c1-5-7-13-9-10(13)6-8-14(13)11(15)16-12(2,3)4/h5,10H,1,6-9H2,2-4H3. The van der Waals surface area contributed by atoms with Crippen molar-refractivity contribution in [3.63, 3.8) is 0 Å². The summed E-state index contributed by atoms with van der Waals surface area (Å²) in [6, 6.07) is 0.